The molecule has 1 aliphatic carbocycles. The van der Waals surface area contributed by atoms with E-state index in [-0.39, 0.29) is 0 Å². The zero-order valence-corrected chi connectivity index (χ0v) is 11.4. The van der Waals surface area contributed by atoms with Gasteiger partial charge in [-0.1, -0.05) is 31.2 Å². The van der Waals surface area contributed by atoms with Crippen molar-refractivity contribution in [2.45, 2.75) is 45.3 Å². The first-order valence-electron chi connectivity index (χ1n) is 7.40. The lowest BCUT2D eigenvalue weighted by Gasteiger charge is -2.43. The van der Waals surface area contributed by atoms with Gasteiger partial charge in [-0.25, -0.2) is 0 Å². The quantitative estimate of drug-likeness (QED) is 0.801. The molecule has 0 radical (unpaired) electrons. The molecule has 1 N–H and O–H groups in total. The summed E-state index contributed by atoms with van der Waals surface area (Å²) in [6.45, 7) is 6.97. The fourth-order valence-electron chi connectivity index (χ4n) is 3.33. The molecule has 2 heteroatoms. The summed E-state index contributed by atoms with van der Waals surface area (Å²) in [4.78, 5) is 2.69. The van der Waals surface area contributed by atoms with Gasteiger partial charge in [0.2, 0.25) is 0 Å². The summed E-state index contributed by atoms with van der Waals surface area (Å²) in [5.74, 6) is 0.880. The molecule has 3 rings (SSSR count). The lowest BCUT2D eigenvalue weighted by Crippen LogP contribution is -2.48. The lowest BCUT2D eigenvalue weighted by molar-refractivity contribution is 0.0593. The maximum Gasteiger partial charge on any atom is 0.0243 e. The highest BCUT2D eigenvalue weighted by atomic mass is 15.2. The number of rotatable bonds is 5. The Morgan fingerprint density at radius 2 is 1.89 bits per heavy atom. The molecule has 0 amide bonds. The summed E-state index contributed by atoms with van der Waals surface area (Å²) in [7, 11) is 0. The Bertz CT molecular complexity index is 377. The van der Waals surface area contributed by atoms with Crippen LogP contribution in [0.5, 0.6) is 0 Å². The Hall–Kier alpha value is -0.860. The number of benzene rings is 1. The van der Waals surface area contributed by atoms with Gasteiger partial charge in [-0.15, -0.1) is 0 Å². The number of hydrogen-bond donors (Lipinski definition) is 1. The highest BCUT2D eigenvalue weighted by Crippen LogP contribution is 2.36. The van der Waals surface area contributed by atoms with Crippen molar-refractivity contribution in [1.82, 2.24) is 10.2 Å². The molecule has 1 saturated carbocycles. The molecule has 0 aromatic heterocycles. The summed E-state index contributed by atoms with van der Waals surface area (Å²) < 4.78 is 0. The molecule has 2 nitrogen and oxygen atoms in total. The second-order valence-electron chi connectivity index (χ2n) is 5.78. The minimum Gasteiger partial charge on any atom is -0.316 e. The van der Waals surface area contributed by atoms with Crippen LogP contribution in [-0.2, 0) is 13.1 Å². The van der Waals surface area contributed by atoms with Gasteiger partial charge >= 0.3 is 0 Å². The van der Waals surface area contributed by atoms with Gasteiger partial charge in [-0.05, 0) is 49.4 Å². The number of hydrogen-bond acceptors (Lipinski definition) is 2. The van der Waals surface area contributed by atoms with Gasteiger partial charge in [0.1, 0.15) is 0 Å². The van der Waals surface area contributed by atoms with Crippen molar-refractivity contribution in [2.75, 3.05) is 13.1 Å². The average Bonchev–Trinajstić information content (AvgIpc) is 2.76. The molecule has 2 unspecified atom stereocenters. The van der Waals surface area contributed by atoms with E-state index in [2.05, 4.69) is 41.4 Å². The van der Waals surface area contributed by atoms with Crippen molar-refractivity contribution in [1.29, 1.82) is 0 Å². The molecule has 98 valence electrons. The molecule has 0 spiro atoms. The first kappa shape index (κ1) is 12.2. The topological polar surface area (TPSA) is 15.3 Å². The molecule has 1 aromatic rings. The van der Waals surface area contributed by atoms with Gasteiger partial charge in [0, 0.05) is 19.1 Å². The third-order valence-electron chi connectivity index (χ3n) is 4.54. The van der Waals surface area contributed by atoms with Crippen LogP contribution in [0.15, 0.2) is 24.3 Å². The first-order chi connectivity index (χ1) is 8.88. The average molecular weight is 244 g/mol. The standard InChI is InChI=1S/C16H24N2/c1-2-9-17-10-13-7-8-16(13)18-11-14-5-3-4-6-15(14)12-18/h3-6,13,16-17H,2,7-12H2,1H3. The van der Waals surface area contributed by atoms with Crippen molar-refractivity contribution in [2.24, 2.45) is 5.92 Å². The number of fused-ring (bicyclic) bond motifs is 1. The predicted octanol–water partition coefficient (Wildman–Crippen LogP) is 2.78. The van der Waals surface area contributed by atoms with Crippen LogP contribution in [0.3, 0.4) is 0 Å². The van der Waals surface area contributed by atoms with E-state index in [0.29, 0.717) is 0 Å². The Balaban J connectivity index is 1.55. The number of nitrogens with zero attached hydrogens (tertiary/aromatic N) is 1. The van der Waals surface area contributed by atoms with Gasteiger partial charge in [0.25, 0.3) is 0 Å². The van der Waals surface area contributed by atoms with Crippen LogP contribution in [0, 0.1) is 5.92 Å². The van der Waals surface area contributed by atoms with Gasteiger partial charge in [-0.2, -0.15) is 0 Å². The second kappa shape index (κ2) is 5.41. The fourth-order valence-corrected chi connectivity index (χ4v) is 3.33. The van der Waals surface area contributed by atoms with E-state index in [1.165, 1.54) is 45.4 Å². The van der Waals surface area contributed by atoms with Gasteiger partial charge in [0.05, 0.1) is 0 Å². The third kappa shape index (κ3) is 2.32. The van der Waals surface area contributed by atoms with Crippen LogP contribution in [0.25, 0.3) is 0 Å². The first-order valence-corrected chi connectivity index (χ1v) is 7.40. The summed E-state index contributed by atoms with van der Waals surface area (Å²) >= 11 is 0. The monoisotopic (exact) mass is 244 g/mol. The molecule has 1 fully saturated rings. The Kier molecular flexibility index (Phi) is 3.67. The van der Waals surface area contributed by atoms with E-state index in [1.54, 1.807) is 11.1 Å². The van der Waals surface area contributed by atoms with Crippen molar-refractivity contribution in [3.05, 3.63) is 35.4 Å². The second-order valence-corrected chi connectivity index (χ2v) is 5.78. The van der Waals surface area contributed by atoms with Crippen LogP contribution in [0.4, 0.5) is 0 Å². The van der Waals surface area contributed by atoms with Crippen LogP contribution in [-0.4, -0.2) is 24.0 Å². The maximum absolute atomic E-state index is 3.58. The Labute approximate surface area is 110 Å². The largest absolute Gasteiger partial charge is 0.316 e. The smallest absolute Gasteiger partial charge is 0.0243 e. The molecule has 1 aliphatic heterocycles. The predicted molar refractivity (Wildman–Crippen MR) is 75.4 cm³/mol. The SMILES string of the molecule is CCCNCC1CCC1N1Cc2ccccc2C1. The Morgan fingerprint density at radius 3 is 2.44 bits per heavy atom. The molecular weight excluding hydrogens is 220 g/mol. The highest BCUT2D eigenvalue weighted by molar-refractivity contribution is 5.30. The van der Waals surface area contributed by atoms with E-state index in [1.807, 2.05) is 0 Å². The molecular formula is C16H24N2. The van der Waals surface area contributed by atoms with Crippen molar-refractivity contribution < 1.29 is 0 Å². The van der Waals surface area contributed by atoms with Gasteiger partial charge < -0.3 is 5.32 Å². The third-order valence-corrected chi connectivity index (χ3v) is 4.54. The summed E-state index contributed by atoms with van der Waals surface area (Å²) in [5.41, 5.74) is 3.09. The highest BCUT2D eigenvalue weighted by Gasteiger charge is 2.37. The van der Waals surface area contributed by atoms with Crippen LogP contribution < -0.4 is 5.32 Å². The normalized spacial score (nSPS) is 26.9. The fraction of sp³-hybridized carbons (Fsp3) is 0.625. The van der Waals surface area contributed by atoms with Crippen LogP contribution >= 0.6 is 0 Å². The lowest BCUT2D eigenvalue weighted by atomic mass is 9.78. The molecule has 1 heterocycles. The van der Waals surface area contributed by atoms with E-state index >= 15 is 0 Å². The van der Waals surface area contributed by atoms with Gasteiger partial charge in [-0.3, -0.25) is 4.90 Å². The minimum atomic E-state index is 0.821. The molecule has 0 saturated heterocycles. The van der Waals surface area contributed by atoms with E-state index < -0.39 is 0 Å². The zero-order valence-electron chi connectivity index (χ0n) is 11.4. The van der Waals surface area contributed by atoms with Gasteiger partial charge in [0.15, 0.2) is 0 Å². The number of nitrogens with one attached hydrogen (secondary N) is 1. The summed E-state index contributed by atoms with van der Waals surface area (Å²) in [5, 5.41) is 3.58. The molecule has 1 aromatic carbocycles. The maximum atomic E-state index is 3.58. The van der Waals surface area contributed by atoms with Crippen LogP contribution in [0.1, 0.15) is 37.3 Å². The summed E-state index contributed by atoms with van der Waals surface area (Å²) in [6, 6.07) is 9.74. The van der Waals surface area contributed by atoms with Crippen LogP contribution in [0.2, 0.25) is 0 Å². The minimum absolute atomic E-state index is 0.821. The van der Waals surface area contributed by atoms with E-state index in [9.17, 15) is 0 Å². The molecule has 2 atom stereocenters. The van der Waals surface area contributed by atoms with Crippen molar-refractivity contribution in [3.63, 3.8) is 0 Å². The molecule has 0 bridgehead atoms. The molecule has 2 aliphatic rings. The Morgan fingerprint density at radius 1 is 1.17 bits per heavy atom. The van der Waals surface area contributed by atoms with E-state index in [0.717, 1.165) is 12.0 Å². The molecule has 18 heavy (non-hydrogen) atoms. The zero-order chi connectivity index (χ0) is 12.4. The van der Waals surface area contributed by atoms with Crippen molar-refractivity contribution in [3.8, 4) is 0 Å². The van der Waals surface area contributed by atoms with Crippen molar-refractivity contribution >= 4 is 0 Å². The summed E-state index contributed by atoms with van der Waals surface area (Å²) in [6.07, 6.45) is 4.05. The van der Waals surface area contributed by atoms with E-state index in [4.69, 9.17) is 0 Å².